The Bertz CT molecular complexity index is 608. The molecule has 1 aliphatic rings. The molecule has 0 aromatic heterocycles. The highest BCUT2D eigenvalue weighted by molar-refractivity contribution is 7.93. The van der Waals surface area contributed by atoms with Crippen LogP contribution in [0.1, 0.15) is 26.7 Å². The molecule has 1 aliphatic carbocycles. The van der Waals surface area contributed by atoms with Crippen molar-refractivity contribution in [2.24, 2.45) is 11.8 Å². The smallest absolute Gasteiger partial charge is 0.197 e. The molecular formula is C14H16FNO2S. The first-order valence-electron chi connectivity index (χ1n) is 6.24. The van der Waals surface area contributed by atoms with Crippen LogP contribution in [-0.4, -0.2) is 13.2 Å². The van der Waals surface area contributed by atoms with Gasteiger partial charge in [-0.3, -0.25) is 0 Å². The predicted octanol–water partition coefficient (Wildman–Crippen LogP) is 2.93. The van der Waals surface area contributed by atoms with Crippen LogP contribution >= 0.6 is 0 Å². The Morgan fingerprint density at radius 1 is 1.32 bits per heavy atom. The maximum atomic E-state index is 12.9. The molecule has 0 heterocycles. The van der Waals surface area contributed by atoms with Gasteiger partial charge in [-0.15, -0.1) is 0 Å². The Labute approximate surface area is 113 Å². The third kappa shape index (κ3) is 2.14. The van der Waals surface area contributed by atoms with Crippen LogP contribution in [-0.2, 0) is 9.84 Å². The molecule has 0 bridgehead atoms. The van der Waals surface area contributed by atoms with Crippen LogP contribution in [0, 0.1) is 29.0 Å². The lowest BCUT2D eigenvalue weighted by molar-refractivity contribution is 0.198. The van der Waals surface area contributed by atoms with Gasteiger partial charge in [0.2, 0.25) is 0 Å². The van der Waals surface area contributed by atoms with Crippen LogP contribution in [0.3, 0.4) is 0 Å². The van der Waals surface area contributed by atoms with E-state index < -0.39 is 20.4 Å². The summed E-state index contributed by atoms with van der Waals surface area (Å²) in [5.41, 5.74) is 0. The molecule has 102 valence electrons. The summed E-state index contributed by atoms with van der Waals surface area (Å²) in [7, 11) is -3.72. The summed E-state index contributed by atoms with van der Waals surface area (Å²) in [5.74, 6) is 0.137. The van der Waals surface area contributed by atoms with Gasteiger partial charge < -0.3 is 0 Å². The molecule has 19 heavy (non-hydrogen) atoms. The fourth-order valence-electron chi connectivity index (χ4n) is 2.47. The molecule has 3 nitrogen and oxygen atoms in total. The van der Waals surface area contributed by atoms with E-state index in [4.69, 9.17) is 0 Å². The fourth-order valence-corrected chi connectivity index (χ4v) is 4.40. The van der Waals surface area contributed by atoms with Gasteiger partial charge >= 0.3 is 0 Å². The van der Waals surface area contributed by atoms with E-state index in [1.54, 1.807) is 0 Å². The van der Waals surface area contributed by atoms with E-state index in [-0.39, 0.29) is 10.8 Å². The highest BCUT2D eigenvalue weighted by atomic mass is 32.2. The molecule has 0 unspecified atom stereocenters. The quantitative estimate of drug-likeness (QED) is 0.800. The number of benzene rings is 1. The van der Waals surface area contributed by atoms with Crippen LogP contribution in [0.4, 0.5) is 4.39 Å². The molecule has 2 rings (SSSR count). The number of hydrogen-bond acceptors (Lipinski definition) is 3. The van der Waals surface area contributed by atoms with Gasteiger partial charge in [0.05, 0.1) is 11.0 Å². The van der Waals surface area contributed by atoms with E-state index in [1.165, 1.54) is 12.1 Å². The molecule has 1 saturated carbocycles. The minimum atomic E-state index is -3.72. The Kier molecular flexibility index (Phi) is 3.40. The number of hydrogen-bond donors (Lipinski definition) is 0. The van der Waals surface area contributed by atoms with E-state index in [2.05, 4.69) is 0 Å². The first-order chi connectivity index (χ1) is 8.82. The molecule has 0 radical (unpaired) electrons. The Balaban J connectivity index is 2.35. The maximum absolute atomic E-state index is 12.9. The molecule has 0 spiro atoms. The third-order valence-corrected chi connectivity index (χ3v) is 6.31. The minimum Gasteiger partial charge on any atom is -0.222 e. The van der Waals surface area contributed by atoms with Crippen molar-refractivity contribution in [1.82, 2.24) is 0 Å². The lowest BCUT2D eigenvalue weighted by atomic mass is 9.69. The number of sulfone groups is 1. The molecule has 1 fully saturated rings. The van der Waals surface area contributed by atoms with Crippen molar-refractivity contribution in [3.63, 3.8) is 0 Å². The average Bonchev–Trinajstić information content (AvgIpc) is 2.28. The molecule has 0 amide bonds. The lowest BCUT2D eigenvalue weighted by Crippen LogP contribution is -2.50. The second-order valence-corrected chi connectivity index (χ2v) is 7.74. The molecule has 0 saturated heterocycles. The SMILES string of the molecule is CC(C)C1CC(C#N)(S(=O)(=O)c2ccc(F)cc2)C1. The van der Waals surface area contributed by atoms with E-state index in [1.807, 2.05) is 19.9 Å². The van der Waals surface area contributed by atoms with Gasteiger partial charge in [0.1, 0.15) is 5.82 Å². The summed E-state index contributed by atoms with van der Waals surface area (Å²) in [6.07, 6.45) is 0.724. The third-order valence-electron chi connectivity index (χ3n) is 3.97. The number of nitriles is 1. The van der Waals surface area contributed by atoms with Crippen LogP contribution < -0.4 is 0 Å². The predicted molar refractivity (Wildman–Crippen MR) is 69.5 cm³/mol. The zero-order valence-corrected chi connectivity index (χ0v) is 11.7. The van der Waals surface area contributed by atoms with Gasteiger partial charge in [0.15, 0.2) is 14.6 Å². The van der Waals surface area contributed by atoms with Crippen molar-refractivity contribution in [1.29, 1.82) is 5.26 Å². The van der Waals surface area contributed by atoms with Crippen molar-refractivity contribution in [3.8, 4) is 6.07 Å². The highest BCUT2D eigenvalue weighted by Crippen LogP contribution is 2.49. The second kappa shape index (κ2) is 4.61. The van der Waals surface area contributed by atoms with E-state index in [0.717, 1.165) is 12.1 Å². The van der Waals surface area contributed by atoms with Gasteiger partial charge in [0.25, 0.3) is 0 Å². The Morgan fingerprint density at radius 2 is 1.84 bits per heavy atom. The monoisotopic (exact) mass is 281 g/mol. The summed E-state index contributed by atoms with van der Waals surface area (Å²) in [5, 5.41) is 9.28. The number of halogens is 1. The number of rotatable bonds is 3. The molecule has 0 N–H and O–H groups in total. The van der Waals surface area contributed by atoms with Gasteiger partial charge in [0, 0.05) is 0 Å². The van der Waals surface area contributed by atoms with Crippen LogP contribution in [0.25, 0.3) is 0 Å². The highest BCUT2D eigenvalue weighted by Gasteiger charge is 2.55. The largest absolute Gasteiger partial charge is 0.222 e. The Morgan fingerprint density at radius 3 is 2.26 bits per heavy atom. The van der Waals surface area contributed by atoms with Crippen LogP contribution in [0.15, 0.2) is 29.2 Å². The Hall–Kier alpha value is -1.41. The van der Waals surface area contributed by atoms with Crippen molar-refractivity contribution in [3.05, 3.63) is 30.1 Å². The first-order valence-corrected chi connectivity index (χ1v) is 7.72. The zero-order chi connectivity index (χ0) is 14.3. The van der Waals surface area contributed by atoms with Crippen LogP contribution in [0.5, 0.6) is 0 Å². The normalized spacial score (nSPS) is 26.8. The minimum absolute atomic E-state index is 0.0256. The average molecular weight is 281 g/mol. The van der Waals surface area contributed by atoms with Gasteiger partial charge in [-0.2, -0.15) is 5.26 Å². The van der Waals surface area contributed by atoms with Crippen molar-refractivity contribution >= 4 is 9.84 Å². The van der Waals surface area contributed by atoms with Crippen molar-refractivity contribution < 1.29 is 12.8 Å². The second-order valence-electron chi connectivity index (χ2n) is 5.48. The fraction of sp³-hybridized carbons (Fsp3) is 0.500. The topological polar surface area (TPSA) is 57.9 Å². The summed E-state index contributed by atoms with van der Waals surface area (Å²) in [6, 6.07) is 6.64. The first kappa shape index (κ1) is 14.0. The molecule has 0 atom stereocenters. The summed E-state index contributed by atoms with van der Waals surface area (Å²) in [4.78, 5) is 0.0256. The number of nitrogens with zero attached hydrogens (tertiary/aromatic N) is 1. The summed E-state index contributed by atoms with van der Waals surface area (Å²) < 4.78 is 36.5. The molecule has 5 heteroatoms. The van der Waals surface area contributed by atoms with Crippen molar-refractivity contribution in [2.75, 3.05) is 0 Å². The molecule has 0 aliphatic heterocycles. The van der Waals surface area contributed by atoms with Crippen molar-refractivity contribution in [2.45, 2.75) is 36.3 Å². The van der Waals surface area contributed by atoms with E-state index in [0.29, 0.717) is 18.8 Å². The molecule has 1 aromatic rings. The standard InChI is InChI=1S/C14H16FNO2S/c1-10(2)11-7-14(8-11,9-16)19(17,18)13-5-3-12(15)4-6-13/h3-6,10-11H,7-8H2,1-2H3. The van der Waals surface area contributed by atoms with Gasteiger partial charge in [-0.05, 0) is 48.9 Å². The molecule has 1 aromatic carbocycles. The summed E-state index contributed by atoms with van der Waals surface area (Å²) in [6.45, 7) is 4.05. The van der Waals surface area contributed by atoms with Gasteiger partial charge in [-0.25, -0.2) is 12.8 Å². The summed E-state index contributed by atoms with van der Waals surface area (Å²) >= 11 is 0. The van der Waals surface area contributed by atoms with E-state index in [9.17, 15) is 18.1 Å². The van der Waals surface area contributed by atoms with Crippen LogP contribution in [0.2, 0.25) is 0 Å². The maximum Gasteiger partial charge on any atom is 0.197 e. The van der Waals surface area contributed by atoms with Gasteiger partial charge in [-0.1, -0.05) is 13.8 Å². The zero-order valence-electron chi connectivity index (χ0n) is 10.9. The molecular weight excluding hydrogens is 265 g/mol. The lowest BCUT2D eigenvalue weighted by Gasteiger charge is -2.43. The van der Waals surface area contributed by atoms with E-state index >= 15 is 0 Å².